The van der Waals surface area contributed by atoms with Crippen molar-refractivity contribution in [2.75, 3.05) is 7.11 Å². The molecule has 0 bridgehead atoms. The first-order valence-electron chi connectivity index (χ1n) is 6.93. The van der Waals surface area contributed by atoms with E-state index in [0.29, 0.717) is 15.6 Å². The molecule has 0 N–H and O–H groups in total. The Morgan fingerprint density at radius 2 is 2.00 bits per heavy atom. The number of para-hydroxylation sites is 1. The molecule has 0 aliphatic carbocycles. The van der Waals surface area contributed by atoms with Gasteiger partial charge in [-0.15, -0.1) is 11.3 Å². The Hall–Kier alpha value is -2.18. The van der Waals surface area contributed by atoms with Crippen LogP contribution in [0, 0.1) is 0 Å². The van der Waals surface area contributed by atoms with Crippen LogP contribution in [-0.2, 0) is 0 Å². The lowest BCUT2D eigenvalue weighted by molar-refractivity contribution is -0.0512. The van der Waals surface area contributed by atoms with Gasteiger partial charge in [-0.1, -0.05) is 29.8 Å². The number of halogens is 3. The highest BCUT2D eigenvalue weighted by Gasteiger charge is 2.12. The van der Waals surface area contributed by atoms with Crippen molar-refractivity contribution in [3.05, 3.63) is 53.0 Å². The molecule has 0 fully saturated rings. The zero-order chi connectivity index (χ0) is 17.1. The maximum Gasteiger partial charge on any atom is 0.387 e. The number of alkyl halides is 2. The lowest BCUT2D eigenvalue weighted by Crippen LogP contribution is -2.03. The number of benzene rings is 2. The molecule has 0 unspecified atom stereocenters. The van der Waals surface area contributed by atoms with Crippen molar-refractivity contribution in [2.24, 2.45) is 0 Å². The molecule has 0 aliphatic heterocycles. The second-order valence-electron chi connectivity index (χ2n) is 4.77. The van der Waals surface area contributed by atoms with E-state index in [1.54, 1.807) is 18.2 Å². The summed E-state index contributed by atoms with van der Waals surface area (Å²) in [5.74, 6) is 0.179. The minimum Gasteiger partial charge on any atom is -0.493 e. The third-order valence-corrected chi connectivity index (χ3v) is 4.67. The van der Waals surface area contributed by atoms with Crippen molar-refractivity contribution in [1.29, 1.82) is 0 Å². The number of thiazole rings is 1. The fourth-order valence-electron chi connectivity index (χ4n) is 2.15. The molecule has 3 nitrogen and oxygen atoms in total. The second-order valence-corrected chi connectivity index (χ2v) is 6.21. The Morgan fingerprint density at radius 3 is 2.71 bits per heavy atom. The molecule has 1 aromatic heterocycles. The van der Waals surface area contributed by atoms with Crippen molar-refractivity contribution < 1.29 is 18.3 Å². The van der Waals surface area contributed by atoms with Crippen molar-refractivity contribution in [3.63, 3.8) is 0 Å². The zero-order valence-electron chi connectivity index (χ0n) is 12.5. The summed E-state index contributed by atoms with van der Waals surface area (Å²) in [6, 6.07) is 12.4. The normalized spacial score (nSPS) is 12.0. The van der Waals surface area contributed by atoms with Gasteiger partial charge in [0.05, 0.1) is 22.4 Å². The maximum absolute atomic E-state index is 12.4. The van der Waals surface area contributed by atoms with Gasteiger partial charge < -0.3 is 9.47 Å². The van der Waals surface area contributed by atoms with E-state index < -0.39 is 6.61 Å². The summed E-state index contributed by atoms with van der Waals surface area (Å²) < 4.78 is 35.2. The third-order valence-electron chi connectivity index (χ3n) is 3.20. The average molecular weight is 368 g/mol. The number of nitrogens with zero attached hydrogens (tertiary/aromatic N) is 1. The predicted molar refractivity (Wildman–Crippen MR) is 93.0 cm³/mol. The Labute approximate surface area is 146 Å². The van der Waals surface area contributed by atoms with Crippen LogP contribution < -0.4 is 9.47 Å². The molecule has 7 heteroatoms. The van der Waals surface area contributed by atoms with Gasteiger partial charge in [-0.3, -0.25) is 0 Å². The number of aromatic nitrogens is 1. The molecule has 0 spiro atoms. The van der Waals surface area contributed by atoms with E-state index >= 15 is 0 Å². The van der Waals surface area contributed by atoms with Gasteiger partial charge in [0, 0.05) is 0 Å². The van der Waals surface area contributed by atoms with Crippen LogP contribution in [-0.4, -0.2) is 18.7 Å². The molecule has 1 heterocycles. The van der Waals surface area contributed by atoms with Crippen LogP contribution in [0.25, 0.3) is 21.3 Å². The molecule has 3 aromatic rings. The number of hydrogen-bond acceptors (Lipinski definition) is 4. The average Bonchev–Trinajstić information content (AvgIpc) is 3.00. The first-order valence-corrected chi connectivity index (χ1v) is 8.12. The van der Waals surface area contributed by atoms with Crippen molar-refractivity contribution in [2.45, 2.75) is 6.61 Å². The summed E-state index contributed by atoms with van der Waals surface area (Å²) in [4.78, 5) is 4.47. The third kappa shape index (κ3) is 3.66. The van der Waals surface area contributed by atoms with E-state index in [1.807, 2.05) is 24.3 Å². The molecule has 124 valence electrons. The molecular weight excluding hydrogens is 356 g/mol. The molecule has 0 amide bonds. The van der Waals surface area contributed by atoms with Crippen LogP contribution in [0.3, 0.4) is 0 Å². The quantitative estimate of drug-likeness (QED) is 0.584. The van der Waals surface area contributed by atoms with Crippen LogP contribution in [0.5, 0.6) is 11.5 Å². The van der Waals surface area contributed by atoms with Crippen LogP contribution in [0.2, 0.25) is 0 Å². The van der Waals surface area contributed by atoms with Gasteiger partial charge in [0.15, 0.2) is 11.5 Å². The number of fused-ring (bicyclic) bond motifs is 1. The van der Waals surface area contributed by atoms with Crippen LogP contribution in [0.4, 0.5) is 8.78 Å². The van der Waals surface area contributed by atoms with Crippen LogP contribution in [0.15, 0.2) is 42.5 Å². The highest BCUT2D eigenvalue weighted by molar-refractivity contribution is 7.20. The highest BCUT2D eigenvalue weighted by atomic mass is 35.5. The molecular formula is C17H12ClF2NO2S. The summed E-state index contributed by atoms with van der Waals surface area (Å²) in [5.41, 5.74) is 1.57. The SMILES string of the molecule is COc1cc(/C=C(\Cl)c2nc3ccccc3s2)ccc1OC(F)F. The van der Waals surface area contributed by atoms with Gasteiger partial charge in [0.1, 0.15) is 5.01 Å². The van der Waals surface area contributed by atoms with E-state index in [0.717, 1.165) is 10.2 Å². The van der Waals surface area contributed by atoms with E-state index in [4.69, 9.17) is 16.3 Å². The number of hydrogen-bond donors (Lipinski definition) is 0. The van der Waals surface area contributed by atoms with Crippen LogP contribution >= 0.6 is 22.9 Å². The summed E-state index contributed by atoms with van der Waals surface area (Å²) in [7, 11) is 1.39. The van der Waals surface area contributed by atoms with E-state index in [9.17, 15) is 8.78 Å². The number of ether oxygens (including phenoxy) is 2. The van der Waals surface area contributed by atoms with Crippen molar-refractivity contribution >= 4 is 44.3 Å². The Kier molecular flexibility index (Phi) is 4.97. The molecule has 2 aromatic carbocycles. The molecule has 0 saturated heterocycles. The summed E-state index contributed by atoms with van der Waals surface area (Å²) in [6.45, 7) is -2.91. The number of rotatable bonds is 5. The largest absolute Gasteiger partial charge is 0.493 e. The molecule has 3 rings (SSSR count). The standard InChI is InChI=1S/C17H12ClF2NO2S/c1-22-14-9-10(6-7-13(14)23-17(19)20)8-11(18)16-21-12-4-2-3-5-15(12)24-16/h2-9,17H,1H3/b11-8-. The lowest BCUT2D eigenvalue weighted by Gasteiger charge is -2.10. The van der Waals surface area contributed by atoms with E-state index in [2.05, 4.69) is 9.72 Å². The molecule has 0 saturated carbocycles. The van der Waals surface area contributed by atoms with Gasteiger partial charge in [0.2, 0.25) is 0 Å². The maximum atomic E-state index is 12.4. The topological polar surface area (TPSA) is 31.4 Å². The minimum atomic E-state index is -2.91. The second kappa shape index (κ2) is 7.15. The Bertz CT molecular complexity index is 862. The summed E-state index contributed by atoms with van der Waals surface area (Å²) in [6.07, 6.45) is 1.70. The summed E-state index contributed by atoms with van der Waals surface area (Å²) in [5, 5.41) is 1.14. The van der Waals surface area contributed by atoms with Gasteiger partial charge in [0.25, 0.3) is 0 Å². The first kappa shape index (κ1) is 16.7. The van der Waals surface area contributed by atoms with Gasteiger partial charge in [-0.05, 0) is 35.9 Å². The Morgan fingerprint density at radius 1 is 1.21 bits per heavy atom. The Balaban J connectivity index is 1.91. The monoisotopic (exact) mass is 367 g/mol. The zero-order valence-corrected chi connectivity index (χ0v) is 14.1. The number of methoxy groups -OCH3 is 1. The predicted octanol–water partition coefficient (Wildman–Crippen LogP) is 5.64. The first-order chi connectivity index (χ1) is 11.6. The van der Waals surface area contributed by atoms with Gasteiger partial charge in [-0.2, -0.15) is 8.78 Å². The highest BCUT2D eigenvalue weighted by Crippen LogP contribution is 2.33. The van der Waals surface area contributed by atoms with Gasteiger partial charge >= 0.3 is 6.61 Å². The smallest absolute Gasteiger partial charge is 0.387 e. The minimum absolute atomic E-state index is 0.0271. The molecule has 24 heavy (non-hydrogen) atoms. The van der Waals surface area contributed by atoms with Crippen molar-refractivity contribution in [3.8, 4) is 11.5 Å². The van der Waals surface area contributed by atoms with E-state index in [1.165, 1.54) is 24.5 Å². The van der Waals surface area contributed by atoms with Crippen molar-refractivity contribution in [1.82, 2.24) is 4.98 Å². The summed E-state index contributed by atoms with van der Waals surface area (Å²) >= 11 is 7.83. The molecule has 0 atom stereocenters. The fraction of sp³-hybridized carbons (Fsp3) is 0.118. The molecule has 0 radical (unpaired) electrons. The fourth-order valence-corrected chi connectivity index (χ4v) is 3.31. The van der Waals surface area contributed by atoms with E-state index in [-0.39, 0.29) is 11.5 Å². The van der Waals surface area contributed by atoms with Gasteiger partial charge in [-0.25, -0.2) is 4.98 Å². The lowest BCUT2D eigenvalue weighted by atomic mass is 10.2. The van der Waals surface area contributed by atoms with Crippen LogP contribution in [0.1, 0.15) is 10.6 Å². The molecule has 0 aliphatic rings.